The van der Waals surface area contributed by atoms with E-state index in [2.05, 4.69) is 19.9 Å². The van der Waals surface area contributed by atoms with Crippen LogP contribution in [0.3, 0.4) is 0 Å². The van der Waals surface area contributed by atoms with Gasteiger partial charge in [-0.25, -0.2) is 9.67 Å². The second-order valence-electron chi connectivity index (χ2n) is 7.45. The van der Waals surface area contributed by atoms with Crippen molar-refractivity contribution >= 4 is 0 Å². The molecule has 1 atom stereocenters. The van der Waals surface area contributed by atoms with Crippen LogP contribution in [0.1, 0.15) is 30.1 Å². The first-order valence-electron chi connectivity index (χ1n) is 10.2. The predicted octanol–water partition coefficient (Wildman–Crippen LogP) is 0.565. The molecule has 2 aliphatic rings. The fourth-order valence-corrected chi connectivity index (χ4v) is 4.32. The van der Waals surface area contributed by atoms with E-state index in [0.29, 0.717) is 19.0 Å². The third-order valence-electron chi connectivity index (χ3n) is 5.76. The molecule has 28 heavy (non-hydrogen) atoms. The van der Waals surface area contributed by atoms with Gasteiger partial charge in [0.2, 0.25) is 0 Å². The molecule has 0 amide bonds. The fraction of sp³-hybridized carbons (Fsp3) is 0.600. The first-order valence-corrected chi connectivity index (χ1v) is 10.2. The molecule has 0 aromatic carbocycles. The topological polar surface area (TPSA) is 86.6 Å². The molecule has 3 heterocycles. The summed E-state index contributed by atoms with van der Waals surface area (Å²) in [6.45, 7) is 5.89. The number of aromatic nitrogens is 3. The Labute approximate surface area is 164 Å². The van der Waals surface area contributed by atoms with Gasteiger partial charge in [0.05, 0.1) is 25.4 Å². The van der Waals surface area contributed by atoms with Crippen LogP contribution in [0.25, 0.3) is 5.82 Å². The number of aliphatic hydroxyl groups is 1. The lowest BCUT2D eigenvalue weighted by Gasteiger charge is -2.40. The van der Waals surface area contributed by atoms with Gasteiger partial charge in [-0.15, -0.1) is 0 Å². The van der Waals surface area contributed by atoms with Gasteiger partial charge in [0, 0.05) is 50.7 Å². The van der Waals surface area contributed by atoms with Crippen LogP contribution in [0, 0.1) is 0 Å². The van der Waals surface area contributed by atoms with Crippen molar-refractivity contribution in [3.05, 3.63) is 46.0 Å². The molecule has 8 nitrogen and oxygen atoms in total. The number of aromatic amines is 1. The number of nitrogens with one attached hydrogen (secondary N) is 1. The molecule has 2 aromatic heterocycles. The van der Waals surface area contributed by atoms with Crippen LogP contribution < -0.4 is 5.56 Å². The molecule has 1 saturated heterocycles. The van der Waals surface area contributed by atoms with E-state index < -0.39 is 0 Å². The highest BCUT2D eigenvalue weighted by Crippen LogP contribution is 2.32. The third kappa shape index (κ3) is 4.05. The van der Waals surface area contributed by atoms with Gasteiger partial charge >= 0.3 is 0 Å². The number of ether oxygens (including phenoxy) is 1. The molecule has 2 N–H and O–H groups in total. The summed E-state index contributed by atoms with van der Waals surface area (Å²) < 4.78 is 6.97. The van der Waals surface area contributed by atoms with E-state index in [1.807, 2.05) is 18.2 Å². The number of hydrogen-bond donors (Lipinski definition) is 2. The standard InChI is InChI=1S/C20H29N5O3/c26-13-15-28-14-12-23-8-10-24(11-9-23)17-5-3-4-16-19(17)20(27)25(22-16)18-6-1-2-7-21-18/h1-2,6-7,17,22,26H,3-5,8-15H2. The zero-order valence-electron chi connectivity index (χ0n) is 16.2. The molecule has 0 saturated carbocycles. The maximum atomic E-state index is 13.2. The molecule has 152 valence electrons. The molecular formula is C20H29N5O3. The van der Waals surface area contributed by atoms with Gasteiger partial charge in [-0.2, -0.15) is 0 Å². The van der Waals surface area contributed by atoms with E-state index in [0.717, 1.165) is 63.2 Å². The van der Waals surface area contributed by atoms with E-state index in [9.17, 15) is 4.79 Å². The Balaban J connectivity index is 1.44. The molecule has 1 fully saturated rings. The van der Waals surface area contributed by atoms with Crippen LogP contribution in [0.2, 0.25) is 0 Å². The SMILES string of the molecule is O=c1c2c([nH]n1-c1ccccn1)CCCC2N1CCN(CCOCCO)CC1. The maximum absolute atomic E-state index is 13.2. The van der Waals surface area contributed by atoms with E-state index >= 15 is 0 Å². The van der Waals surface area contributed by atoms with E-state index in [-0.39, 0.29) is 18.2 Å². The number of H-pyrrole nitrogens is 1. The number of hydrogen-bond acceptors (Lipinski definition) is 6. The maximum Gasteiger partial charge on any atom is 0.277 e. The van der Waals surface area contributed by atoms with Gasteiger partial charge in [-0.05, 0) is 31.4 Å². The highest BCUT2D eigenvalue weighted by Gasteiger charge is 2.33. The number of piperazine rings is 1. The molecular weight excluding hydrogens is 358 g/mol. The van der Waals surface area contributed by atoms with Gasteiger partial charge in [0.15, 0.2) is 5.82 Å². The Morgan fingerprint density at radius 1 is 1.21 bits per heavy atom. The highest BCUT2D eigenvalue weighted by atomic mass is 16.5. The molecule has 8 heteroatoms. The quantitative estimate of drug-likeness (QED) is 0.676. The normalized spacial score (nSPS) is 21.0. The summed E-state index contributed by atoms with van der Waals surface area (Å²) in [5.41, 5.74) is 2.03. The summed E-state index contributed by atoms with van der Waals surface area (Å²) in [4.78, 5) is 22.3. The number of pyridine rings is 1. The largest absolute Gasteiger partial charge is 0.394 e. The summed E-state index contributed by atoms with van der Waals surface area (Å²) in [6.07, 6.45) is 4.75. The van der Waals surface area contributed by atoms with Crippen molar-refractivity contribution in [3.8, 4) is 5.82 Å². The summed E-state index contributed by atoms with van der Waals surface area (Å²) in [5, 5.41) is 12.1. The second kappa shape index (κ2) is 9.00. The van der Waals surface area contributed by atoms with Crippen molar-refractivity contribution in [2.45, 2.75) is 25.3 Å². The Morgan fingerprint density at radius 3 is 2.82 bits per heavy atom. The van der Waals surface area contributed by atoms with Gasteiger partial charge in [0.25, 0.3) is 5.56 Å². The first kappa shape index (κ1) is 19.3. The van der Waals surface area contributed by atoms with Crippen molar-refractivity contribution in [3.63, 3.8) is 0 Å². The second-order valence-corrected chi connectivity index (χ2v) is 7.45. The van der Waals surface area contributed by atoms with Crippen molar-refractivity contribution < 1.29 is 9.84 Å². The molecule has 4 rings (SSSR count). The Morgan fingerprint density at radius 2 is 2.07 bits per heavy atom. The molecule has 0 spiro atoms. The third-order valence-corrected chi connectivity index (χ3v) is 5.76. The Kier molecular flexibility index (Phi) is 6.21. The number of rotatable bonds is 7. The minimum absolute atomic E-state index is 0.0400. The van der Waals surface area contributed by atoms with Gasteiger partial charge < -0.3 is 9.84 Å². The summed E-state index contributed by atoms with van der Waals surface area (Å²) in [7, 11) is 0. The van der Waals surface area contributed by atoms with Crippen molar-refractivity contribution in [1.82, 2.24) is 24.6 Å². The van der Waals surface area contributed by atoms with Crippen LogP contribution in [0.4, 0.5) is 0 Å². The molecule has 1 aliphatic carbocycles. The van der Waals surface area contributed by atoms with Crippen LogP contribution in [0.5, 0.6) is 0 Å². The van der Waals surface area contributed by atoms with Crippen LogP contribution in [-0.2, 0) is 11.2 Å². The number of aryl methyl sites for hydroxylation is 1. The molecule has 1 aliphatic heterocycles. The van der Waals surface area contributed by atoms with Gasteiger partial charge in [-0.3, -0.25) is 19.7 Å². The average molecular weight is 387 g/mol. The van der Waals surface area contributed by atoms with Crippen molar-refractivity contribution in [2.24, 2.45) is 0 Å². The van der Waals surface area contributed by atoms with Crippen LogP contribution in [-0.4, -0.2) is 82.2 Å². The minimum Gasteiger partial charge on any atom is -0.394 e. The van der Waals surface area contributed by atoms with Gasteiger partial charge in [0.1, 0.15) is 0 Å². The first-order chi connectivity index (χ1) is 13.8. The predicted molar refractivity (Wildman–Crippen MR) is 106 cm³/mol. The summed E-state index contributed by atoms with van der Waals surface area (Å²) in [5.74, 6) is 0.647. The minimum atomic E-state index is 0.0400. The lowest BCUT2D eigenvalue weighted by Crippen LogP contribution is -2.49. The fourth-order valence-electron chi connectivity index (χ4n) is 4.32. The number of fused-ring (bicyclic) bond motifs is 1. The molecule has 0 bridgehead atoms. The monoisotopic (exact) mass is 387 g/mol. The lowest BCUT2D eigenvalue weighted by atomic mass is 9.91. The van der Waals surface area contributed by atoms with Crippen molar-refractivity contribution in [2.75, 3.05) is 52.5 Å². The van der Waals surface area contributed by atoms with Crippen molar-refractivity contribution in [1.29, 1.82) is 0 Å². The highest BCUT2D eigenvalue weighted by molar-refractivity contribution is 5.30. The summed E-state index contributed by atoms with van der Waals surface area (Å²) >= 11 is 0. The summed E-state index contributed by atoms with van der Waals surface area (Å²) in [6, 6.07) is 5.80. The Bertz CT molecular complexity index is 811. The smallest absolute Gasteiger partial charge is 0.277 e. The van der Waals surface area contributed by atoms with E-state index in [4.69, 9.17) is 9.84 Å². The van der Waals surface area contributed by atoms with Crippen LogP contribution >= 0.6 is 0 Å². The zero-order chi connectivity index (χ0) is 19.3. The molecule has 1 unspecified atom stereocenters. The average Bonchev–Trinajstić information content (AvgIpc) is 3.09. The van der Waals surface area contributed by atoms with Crippen LogP contribution in [0.15, 0.2) is 29.2 Å². The zero-order valence-corrected chi connectivity index (χ0v) is 16.2. The van der Waals surface area contributed by atoms with E-state index in [1.165, 1.54) is 0 Å². The van der Waals surface area contributed by atoms with Gasteiger partial charge in [-0.1, -0.05) is 6.07 Å². The number of nitrogens with zero attached hydrogens (tertiary/aromatic N) is 4. The molecule has 0 radical (unpaired) electrons. The Hall–Kier alpha value is -2.00. The lowest BCUT2D eigenvalue weighted by molar-refractivity contribution is 0.0458. The molecule has 2 aromatic rings. The van der Waals surface area contributed by atoms with E-state index in [1.54, 1.807) is 10.9 Å². The number of aliphatic hydroxyl groups excluding tert-OH is 1.